The molecule has 2 amide bonds. The quantitative estimate of drug-likeness (QED) is 0.156. The molecule has 0 aliphatic heterocycles. The molecule has 0 aliphatic carbocycles. The van der Waals surface area contributed by atoms with E-state index in [-0.39, 0.29) is 35.4 Å². The number of carbonyl (C=O) groups is 2. The number of halogens is 3. The number of hydrogen-bond donors (Lipinski definition) is 1. The first-order chi connectivity index (χ1) is 21.9. The molecule has 4 aromatic rings. The number of amides is 2. The zero-order valence-corrected chi connectivity index (χ0v) is 28.9. The Hall–Kier alpha value is -3.56. The van der Waals surface area contributed by atoms with Gasteiger partial charge in [-0.15, -0.1) is 0 Å². The summed E-state index contributed by atoms with van der Waals surface area (Å²) in [6.07, 6.45) is 0.174. The largest absolute Gasteiger partial charge is 0.354 e. The van der Waals surface area contributed by atoms with Gasteiger partial charge in [0.1, 0.15) is 12.6 Å². The summed E-state index contributed by atoms with van der Waals surface area (Å²) in [4.78, 5) is 29.8. The summed E-state index contributed by atoms with van der Waals surface area (Å²) in [5.74, 6) is -0.837. The normalized spacial score (nSPS) is 12.1. The number of aryl methyl sites for hydroxylation is 1. The highest BCUT2D eigenvalue weighted by Crippen LogP contribution is 2.29. The number of nitrogens with one attached hydrogen (secondary N) is 1. The van der Waals surface area contributed by atoms with Gasteiger partial charge in [-0.05, 0) is 66.9 Å². The van der Waals surface area contributed by atoms with Crippen LogP contribution in [-0.2, 0) is 32.6 Å². The fraction of sp³-hybridized carbons (Fsp3) is 0.257. The van der Waals surface area contributed by atoms with Crippen molar-refractivity contribution in [3.8, 4) is 0 Å². The van der Waals surface area contributed by atoms with Crippen LogP contribution in [0.5, 0.6) is 0 Å². The van der Waals surface area contributed by atoms with Gasteiger partial charge < -0.3 is 10.2 Å². The van der Waals surface area contributed by atoms with Crippen LogP contribution >= 0.6 is 34.8 Å². The van der Waals surface area contributed by atoms with Gasteiger partial charge in [-0.1, -0.05) is 103 Å². The van der Waals surface area contributed by atoms with Crippen molar-refractivity contribution in [2.45, 2.75) is 44.7 Å². The lowest BCUT2D eigenvalue weighted by atomic mass is 10.0. The van der Waals surface area contributed by atoms with E-state index in [4.69, 9.17) is 34.8 Å². The van der Waals surface area contributed by atoms with Crippen molar-refractivity contribution >= 4 is 62.3 Å². The molecule has 0 unspecified atom stereocenters. The van der Waals surface area contributed by atoms with E-state index in [2.05, 4.69) is 5.32 Å². The Morgan fingerprint density at radius 1 is 0.804 bits per heavy atom. The van der Waals surface area contributed by atoms with Crippen molar-refractivity contribution < 1.29 is 18.0 Å². The lowest BCUT2D eigenvalue weighted by molar-refractivity contribution is -0.140. The fourth-order valence-corrected chi connectivity index (χ4v) is 6.86. The first-order valence-corrected chi connectivity index (χ1v) is 17.3. The lowest BCUT2D eigenvalue weighted by Crippen LogP contribution is -2.53. The van der Waals surface area contributed by atoms with Crippen molar-refractivity contribution in [2.24, 2.45) is 5.92 Å². The molecule has 0 aliphatic rings. The number of sulfonamides is 1. The Bertz CT molecular complexity index is 1730. The first kappa shape index (κ1) is 35.3. The molecule has 4 rings (SSSR count). The Morgan fingerprint density at radius 3 is 2.00 bits per heavy atom. The topological polar surface area (TPSA) is 86.8 Å². The third kappa shape index (κ3) is 9.04. The van der Waals surface area contributed by atoms with Crippen molar-refractivity contribution in [3.63, 3.8) is 0 Å². The van der Waals surface area contributed by atoms with E-state index in [9.17, 15) is 18.0 Å². The number of nitrogens with zero attached hydrogens (tertiary/aromatic N) is 2. The van der Waals surface area contributed by atoms with Gasteiger partial charge in [-0.2, -0.15) is 0 Å². The van der Waals surface area contributed by atoms with Crippen molar-refractivity contribution in [3.05, 3.63) is 129 Å². The van der Waals surface area contributed by atoms with Crippen LogP contribution < -0.4 is 9.62 Å². The molecule has 0 saturated carbocycles. The zero-order valence-electron chi connectivity index (χ0n) is 25.8. The van der Waals surface area contributed by atoms with Crippen LogP contribution in [0.15, 0.2) is 102 Å². The first-order valence-electron chi connectivity index (χ1n) is 14.8. The zero-order chi connectivity index (χ0) is 33.4. The third-order valence-corrected chi connectivity index (χ3v) is 10.1. The fourth-order valence-electron chi connectivity index (χ4n) is 4.80. The molecule has 11 heteroatoms. The van der Waals surface area contributed by atoms with Crippen LogP contribution in [-0.4, -0.2) is 44.3 Å². The molecule has 4 aromatic carbocycles. The highest BCUT2D eigenvalue weighted by atomic mass is 35.5. The Labute approximate surface area is 286 Å². The summed E-state index contributed by atoms with van der Waals surface area (Å²) in [7, 11) is -4.25. The molecular formula is C35H36Cl3N3O4S. The van der Waals surface area contributed by atoms with E-state index in [0.29, 0.717) is 27.2 Å². The molecule has 0 bridgehead atoms. The van der Waals surface area contributed by atoms with Gasteiger partial charge in [0, 0.05) is 40.1 Å². The minimum absolute atomic E-state index is 0.0403. The Balaban J connectivity index is 1.83. The van der Waals surface area contributed by atoms with Gasteiger partial charge in [-0.25, -0.2) is 8.42 Å². The molecule has 0 radical (unpaired) electrons. The highest BCUT2D eigenvalue weighted by Gasteiger charge is 2.35. The Morgan fingerprint density at radius 2 is 1.41 bits per heavy atom. The molecule has 46 heavy (non-hydrogen) atoms. The summed E-state index contributed by atoms with van der Waals surface area (Å²) >= 11 is 19.2. The summed E-state index contributed by atoms with van der Waals surface area (Å²) in [6.45, 7) is 5.48. The molecule has 0 saturated heterocycles. The molecule has 7 nitrogen and oxygen atoms in total. The number of anilines is 1. The molecule has 0 heterocycles. The van der Waals surface area contributed by atoms with Crippen LogP contribution in [0.25, 0.3) is 0 Å². The maximum Gasteiger partial charge on any atom is 0.264 e. The molecule has 242 valence electrons. The van der Waals surface area contributed by atoms with Crippen LogP contribution in [0.4, 0.5) is 5.69 Å². The predicted molar refractivity (Wildman–Crippen MR) is 186 cm³/mol. The number of rotatable bonds is 13. The van der Waals surface area contributed by atoms with E-state index in [1.807, 2.05) is 51.1 Å². The molecule has 1 N–H and O–H groups in total. The van der Waals surface area contributed by atoms with E-state index >= 15 is 0 Å². The summed E-state index contributed by atoms with van der Waals surface area (Å²) in [6, 6.07) is 25.9. The molecule has 0 aromatic heterocycles. The second kappa shape index (κ2) is 15.8. The third-order valence-electron chi connectivity index (χ3n) is 7.35. The van der Waals surface area contributed by atoms with Crippen molar-refractivity contribution in [1.82, 2.24) is 10.2 Å². The van der Waals surface area contributed by atoms with Crippen molar-refractivity contribution in [2.75, 3.05) is 17.4 Å². The maximum atomic E-state index is 14.6. The van der Waals surface area contributed by atoms with Crippen LogP contribution in [0.2, 0.25) is 15.1 Å². The minimum Gasteiger partial charge on any atom is -0.354 e. The second-order valence-electron chi connectivity index (χ2n) is 11.4. The average Bonchev–Trinajstić information content (AvgIpc) is 3.02. The maximum absolute atomic E-state index is 14.6. The summed E-state index contributed by atoms with van der Waals surface area (Å²) in [5, 5.41) is 3.96. The van der Waals surface area contributed by atoms with Gasteiger partial charge in [0.2, 0.25) is 11.8 Å². The van der Waals surface area contributed by atoms with Crippen molar-refractivity contribution in [1.29, 1.82) is 0 Å². The smallest absolute Gasteiger partial charge is 0.264 e. The van der Waals surface area contributed by atoms with Crippen LogP contribution in [0, 0.1) is 12.8 Å². The van der Waals surface area contributed by atoms with Gasteiger partial charge in [0.05, 0.1) is 10.6 Å². The number of hydrogen-bond acceptors (Lipinski definition) is 4. The molecular weight excluding hydrogens is 665 g/mol. The van der Waals surface area contributed by atoms with Crippen LogP contribution in [0.1, 0.15) is 30.5 Å². The highest BCUT2D eigenvalue weighted by molar-refractivity contribution is 7.92. The predicted octanol–water partition coefficient (Wildman–Crippen LogP) is 7.56. The Kier molecular flexibility index (Phi) is 12.1. The van der Waals surface area contributed by atoms with E-state index < -0.39 is 28.5 Å². The lowest BCUT2D eigenvalue weighted by Gasteiger charge is -2.34. The summed E-state index contributed by atoms with van der Waals surface area (Å²) in [5.41, 5.74) is 2.46. The molecule has 0 spiro atoms. The SMILES string of the molecule is Cc1ccc(N(CC(=O)N(Cc2c(Cl)cccc2Cl)[C@H](Cc2ccccc2)C(=O)NCC(C)C)S(=O)(=O)c2ccc(Cl)cc2)cc1. The number of benzene rings is 4. The monoisotopic (exact) mass is 699 g/mol. The van der Waals surface area contributed by atoms with Gasteiger partial charge >= 0.3 is 0 Å². The number of carbonyl (C=O) groups excluding carboxylic acids is 2. The van der Waals surface area contributed by atoms with E-state index in [1.165, 1.54) is 29.2 Å². The molecule has 0 fully saturated rings. The van der Waals surface area contributed by atoms with E-state index in [0.717, 1.165) is 15.4 Å². The van der Waals surface area contributed by atoms with Crippen LogP contribution in [0.3, 0.4) is 0 Å². The molecule has 1 atom stereocenters. The van der Waals surface area contributed by atoms with Gasteiger partial charge in [-0.3, -0.25) is 13.9 Å². The minimum atomic E-state index is -4.25. The standard InChI is InChI=1S/C35H36Cl3N3O4S/c1-24(2)21-39-35(43)33(20-26-8-5-4-6-9-26)40(22-30-31(37)10-7-11-32(30)38)34(42)23-41(28-16-12-25(3)13-17-28)46(44,45)29-18-14-27(36)15-19-29/h4-19,24,33H,20-23H2,1-3H3,(H,39,43)/t33-/m1/s1. The second-order valence-corrected chi connectivity index (χ2v) is 14.5. The summed E-state index contributed by atoms with van der Waals surface area (Å²) < 4.78 is 29.3. The van der Waals surface area contributed by atoms with Gasteiger partial charge in [0.25, 0.3) is 10.0 Å². The average molecular weight is 701 g/mol. The van der Waals surface area contributed by atoms with Gasteiger partial charge in [0.15, 0.2) is 0 Å². The van der Waals surface area contributed by atoms with E-state index in [1.54, 1.807) is 42.5 Å².